The van der Waals surface area contributed by atoms with Gasteiger partial charge in [0.25, 0.3) is 0 Å². The quantitative estimate of drug-likeness (QED) is 0.835. The third-order valence-electron chi connectivity index (χ3n) is 4.55. The first-order valence-electron chi connectivity index (χ1n) is 7.17. The van der Waals surface area contributed by atoms with E-state index in [1.54, 1.807) is 0 Å². The zero-order chi connectivity index (χ0) is 13.3. The fraction of sp³-hybridized carbons (Fsp3) is 0.647. The molecule has 0 spiro atoms. The fourth-order valence-electron chi connectivity index (χ4n) is 3.40. The van der Waals surface area contributed by atoms with E-state index < -0.39 is 5.60 Å². The second kappa shape index (κ2) is 5.05. The largest absolute Gasteiger partial charge is 0.390 e. The molecule has 0 amide bonds. The molecular formula is C17H26O. The van der Waals surface area contributed by atoms with Crippen LogP contribution in [0.2, 0.25) is 0 Å². The van der Waals surface area contributed by atoms with E-state index in [2.05, 4.69) is 45.9 Å². The first-order valence-corrected chi connectivity index (χ1v) is 7.17. The van der Waals surface area contributed by atoms with Gasteiger partial charge in [-0.1, -0.05) is 43.2 Å². The molecule has 1 saturated carbocycles. The molecule has 0 bridgehead atoms. The highest BCUT2D eigenvalue weighted by Crippen LogP contribution is 2.38. The van der Waals surface area contributed by atoms with Gasteiger partial charge in [0.05, 0.1) is 5.60 Å². The topological polar surface area (TPSA) is 20.2 Å². The molecule has 0 heterocycles. The molecule has 2 rings (SSSR count). The van der Waals surface area contributed by atoms with E-state index in [-0.39, 0.29) is 0 Å². The second-order valence-electron chi connectivity index (χ2n) is 6.59. The van der Waals surface area contributed by atoms with Gasteiger partial charge in [0.15, 0.2) is 0 Å². The average molecular weight is 246 g/mol. The van der Waals surface area contributed by atoms with Crippen molar-refractivity contribution in [2.75, 3.05) is 0 Å². The van der Waals surface area contributed by atoms with Crippen LogP contribution in [0.4, 0.5) is 0 Å². The van der Waals surface area contributed by atoms with E-state index in [1.165, 1.54) is 16.7 Å². The standard InChI is InChI=1S/C17H26O/c1-12-7-13(2)9-16(8-12)11-17(18)6-5-14(3)15(4)10-17/h7-9,14-15,18H,5-6,10-11H2,1-4H3. The van der Waals surface area contributed by atoms with Crippen molar-refractivity contribution >= 4 is 0 Å². The Hall–Kier alpha value is -0.820. The number of hydrogen-bond acceptors (Lipinski definition) is 1. The first kappa shape index (κ1) is 13.6. The van der Waals surface area contributed by atoms with Crippen molar-refractivity contribution in [1.82, 2.24) is 0 Å². The monoisotopic (exact) mass is 246 g/mol. The molecule has 1 fully saturated rings. The normalized spacial score (nSPS) is 32.5. The highest BCUT2D eigenvalue weighted by molar-refractivity contribution is 5.29. The van der Waals surface area contributed by atoms with E-state index in [1.807, 2.05) is 0 Å². The van der Waals surface area contributed by atoms with E-state index >= 15 is 0 Å². The van der Waals surface area contributed by atoms with Gasteiger partial charge in [0, 0.05) is 6.42 Å². The van der Waals surface area contributed by atoms with Gasteiger partial charge in [0.2, 0.25) is 0 Å². The molecule has 1 heteroatoms. The molecule has 1 aromatic carbocycles. The van der Waals surface area contributed by atoms with Gasteiger partial charge in [-0.2, -0.15) is 0 Å². The lowest BCUT2D eigenvalue weighted by Crippen LogP contribution is -2.39. The van der Waals surface area contributed by atoms with Crippen LogP contribution in [-0.2, 0) is 6.42 Å². The van der Waals surface area contributed by atoms with Gasteiger partial charge in [-0.25, -0.2) is 0 Å². The molecule has 18 heavy (non-hydrogen) atoms. The van der Waals surface area contributed by atoms with Crippen LogP contribution in [0, 0.1) is 25.7 Å². The van der Waals surface area contributed by atoms with E-state index in [0.717, 1.165) is 31.6 Å². The Kier molecular flexibility index (Phi) is 3.82. The molecule has 0 aliphatic heterocycles. The third-order valence-corrected chi connectivity index (χ3v) is 4.55. The van der Waals surface area contributed by atoms with Crippen LogP contribution in [0.25, 0.3) is 0 Å². The number of benzene rings is 1. The van der Waals surface area contributed by atoms with E-state index in [9.17, 15) is 5.11 Å². The number of hydrogen-bond donors (Lipinski definition) is 1. The van der Waals surface area contributed by atoms with Crippen molar-refractivity contribution in [3.05, 3.63) is 34.9 Å². The summed E-state index contributed by atoms with van der Waals surface area (Å²) in [6, 6.07) is 6.63. The van der Waals surface area contributed by atoms with Gasteiger partial charge in [-0.15, -0.1) is 0 Å². The maximum absolute atomic E-state index is 10.8. The maximum atomic E-state index is 10.8. The maximum Gasteiger partial charge on any atom is 0.0690 e. The molecule has 3 unspecified atom stereocenters. The highest BCUT2D eigenvalue weighted by atomic mass is 16.3. The lowest BCUT2D eigenvalue weighted by Gasteiger charge is -2.39. The summed E-state index contributed by atoms with van der Waals surface area (Å²) < 4.78 is 0. The molecule has 0 aromatic heterocycles. The predicted octanol–water partition coefficient (Wildman–Crippen LogP) is 4.03. The molecule has 1 aromatic rings. The number of aryl methyl sites for hydroxylation is 2. The van der Waals surface area contributed by atoms with E-state index in [0.29, 0.717) is 5.92 Å². The number of rotatable bonds is 2. The van der Waals surface area contributed by atoms with E-state index in [4.69, 9.17) is 0 Å². The van der Waals surface area contributed by atoms with Crippen molar-refractivity contribution in [2.45, 2.75) is 59.0 Å². The van der Waals surface area contributed by atoms with Crippen LogP contribution in [0.1, 0.15) is 49.8 Å². The van der Waals surface area contributed by atoms with Gasteiger partial charge in [-0.05, 0) is 50.5 Å². The smallest absolute Gasteiger partial charge is 0.0690 e. The van der Waals surface area contributed by atoms with Crippen LogP contribution in [0.15, 0.2) is 18.2 Å². The lowest BCUT2D eigenvalue weighted by atomic mass is 9.71. The Morgan fingerprint density at radius 3 is 2.28 bits per heavy atom. The highest BCUT2D eigenvalue weighted by Gasteiger charge is 2.35. The predicted molar refractivity (Wildman–Crippen MR) is 76.7 cm³/mol. The second-order valence-corrected chi connectivity index (χ2v) is 6.59. The Balaban J connectivity index is 2.12. The van der Waals surface area contributed by atoms with Crippen LogP contribution < -0.4 is 0 Å². The summed E-state index contributed by atoms with van der Waals surface area (Å²) in [4.78, 5) is 0. The zero-order valence-corrected chi connectivity index (χ0v) is 12.2. The third kappa shape index (κ3) is 3.14. The first-order chi connectivity index (χ1) is 8.38. The molecule has 1 aliphatic rings. The summed E-state index contributed by atoms with van der Waals surface area (Å²) in [5, 5.41) is 10.8. The summed E-state index contributed by atoms with van der Waals surface area (Å²) in [6.07, 6.45) is 3.86. The number of aliphatic hydroxyl groups is 1. The SMILES string of the molecule is Cc1cc(C)cc(CC2(O)CCC(C)C(C)C2)c1. The van der Waals surface area contributed by atoms with Gasteiger partial charge < -0.3 is 5.11 Å². The van der Waals surface area contributed by atoms with Crippen LogP contribution in [0.3, 0.4) is 0 Å². The van der Waals surface area contributed by atoms with Crippen LogP contribution >= 0.6 is 0 Å². The van der Waals surface area contributed by atoms with Crippen molar-refractivity contribution < 1.29 is 5.11 Å². The summed E-state index contributed by atoms with van der Waals surface area (Å²) in [5.41, 5.74) is 3.40. The summed E-state index contributed by atoms with van der Waals surface area (Å²) in [7, 11) is 0. The molecule has 1 N–H and O–H groups in total. The molecule has 3 atom stereocenters. The summed E-state index contributed by atoms with van der Waals surface area (Å²) in [6.45, 7) is 8.84. The summed E-state index contributed by atoms with van der Waals surface area (Å²) in [5.74, 6) is 1.39. The minimum Gasteiger partial charge on any atom is -0.390 e. The Morgan fingerprint density at radius 2 is 1.72 bits per heavy atom. The van der Waals surface area contributed by atoms with Gasteiger partial charge >= 0.3 is 0 Å². The lowest BCUT2D eigenvalue weighted by molar-refractivity contribution is -0.0279. The molecule has 0 saturated heterocycles. The fourth-order valence-corrected chi connectivity index (χ4v) is 3.40. The molecule has 0 radical (unpaired) electrons. The van der Waals surface area contributed by atoms with Crippen molar-refractivity contribution in [3.8, 4) is 0 Å². The minimum absolute atomic E-state index is 0.480. The van der Waals surface area contributed by atoms with Crippen LogP contribution in [0.5, 0.6) is 0 Å². The molecule has 1 nitrogen and oxygen atoms in total. The molecule has 100 valence electrons. The van der Waals surface area contributed by atoms with Gasteiger partial charge in [-0.3, -0.25) is 0 Å². The molecular weight excluding hydrogens is 220 g/mol. The Bertz CT molecular complexity index is 403. The van der Waals surface area contributed by atoms with Crippen molar-refractivity contribution in [1.29, 1.82) is 0 Å². The molecule has 1 aliphatic carbocycles. The van der Waals surface area contributed by atoms with Crippen molar-refractivity contribution in [2.24, 2.45) is 11.8 Å². The van der Waals surface area contributed by atoms with Crippen LogP contribution in [-0.4, -0.2) is 10.7 Å². The Morgan fingerprint density at radius 1 is 1.11 bits per heavy atom. The average Bonchev–Trinajstić information content (AvgIpc) is 2.22. The van der Waals surface area contributed by atoms with Gasteiger partial charge in [0.1, 0.15) is 0 Å². The zero-order valence-electron chi connectivity index (χ0n) is 12.2. The minimum atomic E-state index is -0.480. The Labute approximate surface area is 111 Å². The van der Waals surface area contributed by atoms with Crippen molar-refractivity contribution in [3.63, 3.8) is 0 Å². The summed E-state index contributed by atoms with van der Waals surface area (Å²) >= 11 is 0.